The fourth-order valence-corrected chi connectivity index (χ4v) is 7.56. The van der Waals surface area contributed by atoms with Gasteiger partial charge < -0.3 is 14.2 Å². The first-order valence-corrected chi connectivity index (χ1v) is 26.8. The average Bonchev–Trinajstić information content (AvgIpc) is 3.27. The standard InChI is InChI=1S/C57H102O5/c1-4-7-10-13-16-19-22-25-27-28-29-31-34-37-40-43-46-49-52-60-53-55(62-57(59)51-48-45-42-39-36-32-24-21-18-15-12-9-6-3)54-61-56(58)50-47-44-41-38-35-33-30-26-23-20-17-14-11-8-5-2/h7,10,16,19,21,24-25,27,29,31,55H,4-6,8-9,11-15,17-18,20,22-23,26,28,30,32-54H2,1-3H3/b10-7-,19-16-,24-21-,27-25-,31-29-. The summed E-state index contributed by atoms with van der Waals surface area (Å²) in [5.74, 6) is -0.409. The van der Waals surface area contributed by atoms with Crippen LogP contribution in [0.3, 0.4) is 0 Å². The number of carbonyl (C=O) groups is 2. The second kappa shape index (κ2) is 52.9. The highest BCUT2D eigenvalue weighted by Crippen LogP contribution is 2.15. The molecule has 1 atom stereocenters. The van der Waals surface area contributed by atoms with E-state index in [-0.39, 0.29) is 25.2 Å². The third-order valence-electron chi connectivity index (χ3n) is 11.5. The number of rotatable bonds is 49. The molecule has 0 radical (unpaired) electrons. The summed E-state index contributed by atoms with van der Waals surface area (Å²) in [5.41, 5.74) is 0. The maximum atomic E-state index is 12.8. The Kier molecular flexibility index (Phi) is 50.9. The van der Waals surface area contributed by atoms with Gasteiger partial charge in [-0.15, -0.1) is 0 Å². The summed E-state index contributed by atoms with van der Waals surface area (Å²) < 4.78 is 17.4. The van der Waals surface area contributed by atoms with Gasteiger partial charge in [-0.2, -0.15) is 0 Å². The molecule has 0 aromatic carbocycles. The molecule has 0 heterocycles. The number of carbonyl (C=O) groups excluding carboxylic acids is 2. The van der Waals surface area contributed by atoms with Gasteiger partial charge in [0.25, 0.3) is 0 Å². The Balaban J connectivity index is 4.29. The van der Waals surface area contributed by atoms with Gasteiger partial charge in [0.05, 0.1) is 6.61 Å². The molecule has 5 heteroatoms. The highest BCUT2D eigenvalue weighted by Gasteiger charge is 2.17. The minimum Gasteiger partial charge on any atom is -0.462 e. The van der Waals surface area contributed by atoms with Crippen LogP contribution in [0.4, 0.5) is 0 Å². The molecule has 0 aliphatic carbocycles. The van der Waals surface area contributed by atoms with Gasteiger partial charge in [-0.3, -0.25) is 9.59 Å². The molecule has 0 bridgehead atoms. The molecular weight excluding hydrogens is 765 g/mol. The van der Waals surface area contributed by atoms with Crippen molar-refractivity contribution in [2.24, 2.45) is 0 Å². The Morgan fingerprint density at radius 1 is 0.371 bits per heavy atom. The smallest absolute Gasteiger partial charge is 0.306 e. The lowest BCUT2D eigenvalue weighted by Gasteiger charge is -2.18. The Morgan fingerprint density at radius 2 is 0.726 bits per heavy atom. The van der Waals surface area contributed by atoms with Gasteiger partial charge in [-0.1, -0.05) is 229 Å². The van der Waals surface area contributed by atoms with E-state index in [0.29, 0.717) is 19.4 Å². The van der Waals surface area contributed by atoms with E-state index < -0.39 is 6.10 Å². The summed E-state index contributed by atoms with van der Waals surface area (Å²) in [6.07, 6.45) is 66.6. The number of hydrogen-bond acceptors (Lipinski definition) is 5. The van der Waals surface area contributed by atoms with E-state index >= 15 is 0 Å². The molecule has 62 heavy (non-hydrogen) atoms. The Hall–Kier alpha value is -2.40. The molecular formula is C57H102O5. The number of allylic oxidation sites excluding steroid dienone is 10. The highest BCUT2D eigenvalue weighted by molar-refractivity contribution is 5.70. The van der Waals surface area contributed by atoms with Crippen LogP contribution in [-0.2, 0) is 23.8 Å². The van der Waals surface area contributed by atoms with Crippen molar-refractivity contribution in [3.63, 3.8) is 0 Å². The fraction of sp³-hybridized carbons (Fsp3) is 0.789. The number of esters is 2. The van der Waals surface area contributed by atoms with E-state index in [9.17, 15) is 9.59 Å². The second-order valence-corrected chi connectivity index (χ2v) is 17.8. The van der Waals surface area contributed by atoms with Crippen molar-refractivity contribution in [1.82, 2.24) is 0 Å². The second-order valence-electron chi connectivity index (χ2n) is 17.8. The number of hydrogen-bond donors (Lipinski definition) is 0. The van der Waals surface area contributed by atoms with Crippen LogP contribution in [0.25, 0.3) is 0 Å². The lowest BCUT2D eigenvalue weighted by Crippen LogP contribution is -2.30. The predicted molar refractivity (Wildman–Crippen MR) is 270 cm³/mol. The first-order valence-electron chi connectivity index (χ1n) is 26.8. The average molecular weight is 867 g/mol. The molecule has 0 saturated carbocycles. The Bertz CT molecular complexity index is 1070. The van der Waals surface area contributed by atoms with E-state index in [4.69, 9.17) is 14.2 Å². The van der Waals surface area contributed by atoms with E-state index in [2.05, 4.69) is 81.5 Å². The minimum absolute atomic E-state index is 0.0761. The molecule has 0 aliphatic rings. The third kappa shape index (κ3) is 50.2. The predicted octanol–water partition coefficient (Wildman–Crippen LogP) is 18.1. The molecule has 1 unspecified atom stereocenters. The van der Waals surface area contributed by atoms with Gasteiger partial charge in [0.1, 0.15) is 6.61 Å². The van der Waals surface area contributed by atoms with Gasteiger partial charge in [-0.25, -0.2) is 0 Å². The van der Waals surface area contributed by atoms with Crippen LogP contribution in [0, 0.1) is 0 Å². The maximum absolute atomic E-state index is 12.8. The van der Waals surface area contributed by atoms with E-state index in [0.717, 1.165) is 83.5 Å². The van der Waals surface area contributed by atoms with Crippen LogP contribution in [0.2, 0.25) is 0 Å². The van der Waals surface area contributed by atoms with Crippen molar-refractivity contribution < 1.29 is 23.8 Å². The van der Waals surface area contributed by atoms with Crippen LogP contribution < -0.4 is 0 Å². The maximum Gasteiger partial charge on any atom is 0.306 e. The molecule has 0 amide bonds. The first kappa shape index (κ1) is 59.6. The third-order valence-corrected chi connectivity index (χ3v) is 11.5. The molecule has 5 nitrogen and oxygen atoms in total. The minimum atomic E-state index is -0.549. The molecule has 0 aromatic heterocycles. The van der Waals surface area contributed by atoms with Crippen LogP contribution in [0.5, 0.6) is 0 Å². The van der Waals surface area contributed by atoms with Gasteiger partial charge in [0.2, 0.25) is 0 Å². The lowest BCUT2D eigenvalue weighted by molar-refractivity contribution is -0.163. The van der Waals surface area contributed by atoms with E-state index in [1.54, 1.807) is 0 Å². The molecule has 0 aliphatic heterocycles. The highest BCUT2D eigenvalue weighted by atomic mass is 16.6. The molecule has 0 spiro atoms. The van der Waals surface area contributed by atoms with E-state index in [1.165, 1.54) is 148 Å². The molecule has 0 aromatic rings. The summed E-state index contributed by atoms with van der Waals surface area (Å²) in [6.45, 7) is 7.68. The molecule has 0 rings (SSSR count). The van der Waals surface area contributed by atoms with Crippen molar-refractivity contribution in [3.8, 4) is 0 Å². The summed E-state index contributed by atoms with van der Waals surface area (Å²) in [6, 6.07) is 0. The Labute approximate surface area is 385 Å². The zero-order valence-corrected chi connectivity index (χ0v) is 41.4. The van der Waals surface area contributed by atoms with Gasteiger partial charge in [-0.05, 0) is 83.5 Å². The van der Waals surface area contributed by atoms with Gasteiger partial charge in [0, 0.05) is 19.4 Å². The molecule has 0 fully saturated rings. The first-order chi connectivity index (χ1) is 30.6. The Morgan fingerprint density at radius 3 is 1.19 bits per heavy atom. The monoisotopic (exact) mass is 867 g/mol. The molecule has 0 saturated heterocycles. The summed E-state index contributed by atoms with van der Waals surface area (Å²) >= 11 is 0. The SMILES string of the molecule is CC/C=C\C/C=C\C/C=C\C/C=C\CCCCCCCOCC(COC(=O)CCCCCCCCCCCCCCCCC)OC(=O)CCCCCCC/C=C\CCCCCC. The summed E-state index contributed by atoms with van der Waals surface area (Å²) in [5, 5.41) is 0. The topological polar surface area (TPSA) is 61.8 Å². The zero-order chi connectivity index (χ0) is 44.9. The largest absolute Gasteiger partial charge is 0.462 e. The van der Waals surface area contributed by atoms with Crippen LogP contribution in [-0.4, -0.2) is 37.9 Å². The fourth-order valence-electron chi connectivity index (χ4n) is 7.56. The van der Waals surface area contributed by atoms with Crippen LogP contribution in [0.15, 0.2) is 60.8 Å². The normalized spacial score (nSPS) is 12.6. The van der Waals surface area contributed by atoms with Crippen LogP contribution in [0.1, 0.15) is 265 Å². The quantitative estimate of drug-likeness (QED) is 0.0346. The number of unbranched alkanes of at least 4 members (excludes halogenated alkanes) is 28. The van der Waals surface area contributed by atoms with E-state index in [1.807, 2.05) is 0 Å². The number of ether oxygens (including phenoxy) is 3. The van der Waals surface area contributed by atoms with Crippen molar-refractivity contribution >= 4 is 11.9 Å². The van der Waals surface area contributed by atoms with Gasteiger partial charge >= 0.3 is 11.9 Å². The van der Waals surface area contributed by atoms with Crippen molar-refractivity contribution in [2.45, 2.75) is 271 Å². The van der Waals surface area contributed by atoms with Crippen LogP contribution >= 0.6 is 0 Å². The lowest BCUT2D eigenvalue weighted by atomic mass is 10.0. The zero-order valence-electron chi connectivity index (χ0n) is 41.4. The van der Waals surface area contributed by atoms with Gasteiger partial charge in [0.15, 0.2) is 6.10 Å². The summed E-state index contributed by atoms with van der Waals surface area (Å²) in [7, 11) is 0. The van der Waals surface area contributed by atoms with Crippen molar-refractivity contribution in [2.75, 3.05) is 19.8 Å². The van der Waals surface area contributed by atoms with Crippen molar-refractivity contribution in [1.29, 1.82) is 0 Å². The molecule has 360 valence electrons. The van der Waals surface area contributed by atoms with Crippen molar-refractivity contribution in [3.05, 3.63) is 60.8 Å². The molecule has 0 N–H and O–H groups in total. The summed E-state index contributed by atoms with van der Waals surface area (Å²) in [4.78, 5) is 25.4.